The predicted molar refractivity (Wildman–Crippen MR) is 66.5 cm³/mol. The number of benzene rings is 1. The van der Waals surface area contributed by atoms with Gasteiger partial charge in [0.15, 0.2) is 0 Å². The summed E-state index contributed by atoms with van der Waals surface area (Å²) in [6.07, 6.45) is 3.85. The van der Waals surface area contributed by atoms with Crippen molar-refractivity contribution in [1.82, 2.24) is 9.97 Å². The van der Waals surface area contributed by atoms with Crippen molar-refractivity contribution in [3.8, 4) is 0 Å². The second kappa shape index (κ2) is 3.81. The number of nitrogens with zero attached hydrogens (tertiary/aromatic N) is 1. The summed E-state index contributed by atoms with van der Waals surface area (Å²) in [6.45, 7) is 2.32. The molecule has 2 aromatic rings. The van der Waals surface area contributed by atoms with Crippen LogP contribution in [-0.4, -0.2) is 16.0 Å². The summed E-state index contributed by atoms with van der Waals surface area (Å²) >= 11 is 0. The Kier molecular flexibility index (Phi) is 2.31. The van der Waals surface area contributed by atoms with Gasteiger partial charge >= 0.3 is 0 Å². The van der Waals surface area contributed by atoms with Gasteiger partial charge in [-0.2, -0.15) is 0 Å². The van der Waals surface area contributed by atoms with Crippen molar-refractivity contribution in [3.63, 3.8) is 0 Å². The van der Waals surface area contributed by atoms with E-state index in [2.05, 4.69) is 28.3 Å². The average molecular weight is 215 g/mol. The number of aromatic amines is 1. The number of anilines is 1. The van der Waals surface area contributed by atoms with Crippen LogP contribution in [0.25, 0.3) is 11.0 Å². The van der Waals surface area contributed by atoms with Gasteiger partial charge in [0.1, 0.15) is 0 Å². The number of imidazole rings is 1. The van der Waals surface area contributed by atoms with Crippen LogP contribution in [0.1, 0.15) is 26.2 Å². The molecule has 2 atom stereocenters. The third-order valence-corrected chi connectivity index (χ3v) is 3.43. The Labute approximate surface area is 95.3 Å². The van der Waals surface area contributed by atoms with Gasteiger partial charge in [0.2, 0.25) is 5.95 Å². The van der Waals surface area contributed by atoms with Crippen LogP contribution in [0.4, 0.5) is 5.95 Å². The molecular formula is C13H17N3. The molecule has 2 unspecified atom stereocenters. The van der Waals surface area contributed by atoms with Gasteiger partial charge in [0, 0.05) is 6.04 Å². The maximum Gasteiger partial charge on any atom is 0.201 e. The molecule has 0 amide bonds. The van der Waals surface area contributed by atoms with E-state index in [-0.39, 0.29) is 0 Å². The zero-order valence-electron chi connectivity index (χ0n) is 9.53. The minimum absolute atomic E-state index is 0.593. The third kappa shape index (κ3) is 1.77. The molecule has 1 aliphatic rings. The van der Waals surface area contributed by atoms with Crippen LogP contribution in [0.15, 0.2) is 24.3 Å². The van der Waals surface area contributed by atoms with Crippen molar-refractivity contribution in [2.24, 2.45) is 5.92 Å². The average Bonchev–Trinajstić information content (AvgIpc) is 2.84. The van der Waals surface area contributed by atoms with E-state index in [1.54, 1.807) is 0 Å². The molecule has 16 heavy (non-hydrogen) atoms. The van der Waals surface area contributed by atoms with Crippen molar-refractivity contribution >= 4 is 17.0 Å². The zero-order chi connectivity index (χ0) is 11.0. The fraction of sp³-hybridized carbons (Fsp3) is 0.462. The quantitative estimate of drug-likeness (QED) is 0.807. The molecule has 0 radical (unpaired) electrons. The lowest BCUT2D eigenvalue weighted by Gasteiger charge is -2.10. The maximum absolute atomic E-state index is 4.53. The van der Waals surface area contributed by atoms with Crippen LogP contribution in [0, 0.1) is 5.92 Å². The first-order valence-electron chi connectivity index (χ1n) is 6.02. The first kappa shape index (κ1) is 9.70. The first-order chi connectivity index (χ1) is 7.81. The molecular weight excluding hydrogens is 198 g/mol. The molecule has 84 valence electrons. The van der Waals surface area contributed by atoms with Gasteiger partial charge in [0.05, 0.1) is 11.0 Å². The highest BCUT2D eigenvalue weighted by atomic mass is 15.1. The smallest absolute Gasteiger partial charge is 0.201 e. The predicted octanol–water partition coefficient (Wildman–Crippen LogP) is 3.16. The summed E-state index contributed by atoms with van der Waals surface area (Å²) < 4.78 is 0. The number of hydrogen-bond donors (Lipinski definition) is 2. The fourth-order valence-corrected chi connectivity index (χ4v) is 2.55. The van der Waals surface area contributed by atoms with Crippen molar-refractivity contribution in [2.45, 2.75) is 32.2 Å². The fourth-order valence-electron chi connectivity index (χ4n) is 2.55. The number of fused-ring (bicyclic) bond motifs is 1. The second-order valence-electron chi connectivity index (χ2n) is 4.86. The van der Waals surface area contributed by atoms with E-state index in [4.69, 9.17) is 0 Å². The molecule has 0 saturated heterocycles. The maximum atomic E-state index is 4.53. The Morgan fingerprint density at radius 1 is 1.31 bits per heavy atom. The van der Waals surface area contributed by atoms with Crippen molar-refractivity contribution in [1.29, 1.82) is 0 Å². The van der Waals surface area contributed by atoms with E-state index in [1.165, 1.54) is 19.3 Å². The Morgan fingerprint density at radius 2 is 2.19 bits per heavy atom. The molecule has 0 spiro atoms. The number of H-pyrrole nitrogens is 1. The lowest BCUT2D eigenvalue weighted by molar-refractivity contribution is 0.602. The standard InChI is InChI=1S/C13H17N3/c1-9-6-7-10(8-9)14-13-15-11-4-2-3-5-12(11)16-13/h2-5,9-10H,6-8H2,1H3,(H2,14,15,16). The van der Waals surface area contributed by atoms with Crippen molar-refractivity contribution in [3.05, 3.63) is 24.3 Å². The monoisotopic (exact) mass is 215 g/mol. The lowest BCUT2D eigenvalue weighted by atomic mass is 10.1. The van der Waals surface area contributed by atoms with E-state index < -0.39 is 0 Å². The van der Waals surface area contributed by atoms with E-state index in [9.17, 15) is 0 Å². The molecule has 1 fully saturated rings. The summed E-state index contributed by atoms with van der Waals surface area (Å²) in [5.74, 6) is 1.77. The van der Waals surface area contributed by atoms with E-state index in [0.29, 0.717) is 6.04 Å². The number of hydrogen-bond acceptors (Lipinski definition) is 2. The molecule has 1 saturated carbocycles. The topological polar surface area (TPSA) is 40.7 Å². The van der Waals surface area contributed by atoms with Crippen LogP contribution in [0.3, 0.4) is 0 Å². The number of rotatable bonds is 2. The van der Waals surface area contributed by atoms with E-state index in [0.717, 1.165) is 22.9 Å². The highest BCUT2D eigenvalue weighted by Gasteiger charge is 2.21. The highest BCUT2D eigenvalue weighted by Crippen LogP contribution is 2.27. The molecule has 1 heterocycles. The Bertz CT molecular complexity index is 456. The van der Waals surface area contributed by atoms with Crippen molar-refractivity contribution < 1.29 is 0 Å². The number of aromatic nitrogens is 2. The molecule has 0 bridgehead atoms. The molecule has 3 heteroatoms. The van der Waals surface area contributed by atoms with Crippen molar-refractivity contribution in [2.75, 3.05) is 5.32 Å². The second-order valence-corrected chi connectivity index (χ2v) is 4.86. The molecule has 1 aromatic heterocycles. The first-order valence-corrected chi connectivity index (χ1v) is 6.02. The number of para-hydroxylation sites is 2. The Balaban J connectivity index is 1.79. The van der Waals surface area contributed by atoms with Crippen LogP contribution >= 0.6 is 0 Å². The molecule has 0 aliphatic heterocycles. The summed E-state index contributed by atoms with van der Waals surface area (Å²) in [5.41, 5.74) is 2.15. The van der Waals surface area contributed by atoms with Crippen LogP contribution in [0.2, 0.25) is 0 Å². The SMILES string of the molecule is CC1CCC(Nc2nc3ccccc3[nH]2)C1. The molecule has 3 rings (SSSR count). The molecule has 2 N–H and O–H groups in total. The summed E-state index contributed by atoms with van der Waals surface area (Å²) in [7, 11) is 0. The Hall–Kier alpha value is -1.51. The normalized spacial score (nSPS) is 25.1. The summed E-state index contributed by atoms with van der Waals surface area (Å²) in [5, 5.41) is 3.49. The minimum Gasteiger partial charge on any atom is -0.353 e. The van der Waals surface area contributed by atoms with Gasteiger partial charge in [-0.25, -0.2) is 4.98 Å². The third-order valence-electron chi connectivity index (χ3n) is 3.43. The summed E-state index contributed by atoms with van der Waals surface area (Å²) in [4.78, 5) is 7.85. The van der Waals surface area contributed by atoms with Gasteiger partial charge in [-0.05, 0) is 37.3 Å². The summed E-state index contributed by atoms with van der Waals surface area (Å²) in [6, 6.07) is 8.74. The highest BCUT2D eigenvalue weighted by molar-refractivity contribution is 5.77. The van der Waals surface area contributed by atoms with Crippen LogP contribution in [-0.2, 0) is 0 Å². The van der Waals surface area contributed by atoms with Gasteiger partial charge in [-0.1, -0.05) is 19.1 Å². The largest absolute Gasteiger partial charge is 0.353 e. The van der Waals surface area contributed by atoms with Crippen LogP contribution in [0.5, 0.6) is 0 Å². The molecule has 1 aliphatic carbocycles. The van der Waals surface area contributed by atoms with Gasteiger partial charge in [0.25, 0.3) is 0 Å². The van der Waals surface area contributed by atoms with Gasteiger partial charge in [-0.15, -0.1) is 0 Å². The van der Waals surface area contributed by atoms with E-state index >= 15 is 0 Å². The Morgan fingerprint density at radius 3 is 2.94 bits per heavy atom. The number of nitrogens with one attached hydrogen (secondary N) is 2. The minimum atomic E-state index is 0.593. The molecule has 1 aromatic carbocycles. The van der Waals surface area contributed by atoms with Gasteiger partial charge in [-0.3, -0.25) is 0 Å². The van der Waals surface area contributed by atoms with Crippen LogP contribution < -0.4 is 5.32 Å². The zero-order valence-corrected chi connectivity index (χ0v) is 9.53. The van der Waals surface area contributed by atoms with Gasteiger partial charge < -0.3 is 10.3 Å². The lowest BCUT2D eigenvalue weighted by Crippen LogP contribution is -2.16. The molecule has 3 nitrogen and oxygen atoms in total. The van der Waals surface area contributed by atoms with E-state index in [1.807, 2.05) is 18.2 Å².